The molecule has 0 aliphatic rings. The summed E-state index contributed by atoms with van der Waals surface area (Å²) in [6.07, 6.45) is 4.58. The van der Waals surface area contributed by atoms with E-state index in [0.29, 0.717) is 22.2 Å². The predicted octanol–water partition coefficient (Wildman–Crippen LogP) is 2.21. The normalized spacial score (nSPS) is 9.94. The fraction of sp³-hybridized carbons (Fsp3) is 0. The van der Waals surface area contributed by atoms with E-state index >= 15 is 0 Å². The van der Waals surface area contributed by atoms with Crippen molar-refractivity contribution in [3.05, 3.63) is 47.5 Å². The second-order valence-electron chi connectivity index (χ2n) is 3.23. The van der Waals surface area contributed by atoms with Crippen molar-refractivity contribution in [2.75, 3.05) is 0 Å². The first kappa shape index (κ1) is 11.3. The number of pyridine rings is 2. The molecule has 0 amide bonds. The van der Waals surface area contributed by atoms with Crippen LogP contribution in [0.5, 0.6) is 11.5 Å². The van der Waals surface area contributed by atoms with Crippen LogP contribution in [-0.2, 0) is 0 Å². The first-order valence-electron chi connectivity index (χ1n) is 4.74. The fourth-order valence-electron chi connectivity index (χ4n) is 1.21. The summed E-state index contributed by atoms with van der Waals surface area (Å²) in [6, 6.07) is 4.87. The van der Waals surface area contributed by atoms with Crippen LogP contribution in [0.1, 0.15) is 5.69 Å². The van der Waals surface area contributed by atoms with E-state index in [2.05, 4.69) is 9.97 Å². The molecule has 2 aromatic rings. The Labute approximate surface area is 103 Å². The van der Waals surface area contributed by atoms with E-state index in [1.54, 1.807) is 24.4 Å². The molecule has 0 spiro atoms. The zero-order valence-corrected chi connectivity index (χ0v) is 9.48. The average Bonchev–Trinajstić information content (AvgIpc) is 2.29. The smallest absolute Gasteiger partial charge is 0.147 e. The highest BCUT2D eigenvalue weighted by molar-refractivity contribution is 6.30. The molecule has 2 aromatic heterocycles. The quantitative estimate of drug-likeness (QED) is 0.644. The Bertz CT molecular complexity index is 559. The van der Waals surface area contributed by atoms with Gasteiger partial charge >= 0.3 is 0 Å². The SMILES string of the molecule is N=C(N)c1cc(Oc2cncc(Cl)c2)ccn1. The molecule has 0 fully saturated rings. The number of amidine groups is 1. The molecule has 2 heterocycles. The number of ether oxygens (including phenoxy) is 1. The van der Waals surface area contributed by atoms with Crippen LogP contribution in [0.2, 0.25) is 5.02 Å². The molecule has 0 aromatic carbocycles. The molecule has 0 aliphatic heterocycles. The number of hydrogen-bond donors (Lipinski definition) is 2. The number of hydrogen-bond acceptors (Lipinski definition) is 4. The molecule has 0 saturated carbocycles. The molecule has 0 unspecified atom stereocenters. The van der Waals surface area contributed by atoms with Crippen molar-refractivity contribution in [1.29, 1.82) is 5.41 Å². The van der Waals surface area contributed by atoms with Gasteiger partial charge in [-0.25, -0.2) is 0 Å². The molecule has 17 heavy (non-hydrogen) atoms. The molecule has 3 N–H and O–H groups in total. The van der Waals surface area contributed by atoms with Crippen LogP contribution in [-0.4, -0.2) is 15.8 Å². The minimum Gasteiger partial charge on any atom is -0.456 e. The van der Waals surface area contributed by atoms with Crippen LogP contribution in [0.15, 0.2) is 36.8 Å². The monoisotopic (exact) mass is 248 g/mol. The van der Waals surface area contributed by atoms with Crippen LogP contribution in [0.3, 0.4) is 0 Å². The Kier molecular flexibility index (Phi) is 3.20. The van der Waals surface area contributed by atoms with Gasteiger partial charge in [-0.2, -0.15) is 0 Å². The van der Waals surface area contributed by atoms with E-state index in [1.165, 1.54) is 12.4 Å². The maximum atomic E-state index is 7.27. The largest absolute Gasteiger partial charge is 0.456 e. The summed E-state index contributed by atoms with van der Waals surface area (Å²) in [7, 11) is 0. The van der Waals surface area contributed by atoms with Crippen LogP contribution in [0.4, 0.5) is 0 Å². The molecular weight excluding hydrogens is 240 g/mol. The minimum absolute atomic E-state index is 0.111. The molecule has 0 radical (unpaired) electrons. The summed E-state index contributed by atoms with van der Waals surface area (Å²) in [5, 5.41) is 7.76. The summed E-state index contributed by atoms with van der Waals surface area (Å²) in [5.41, 5.74) is 5.69. The highest BCUT2D eigenvalue weighted by Gasteiger charge is 2.03. The summed E-state index contributed by atoms with van der Waals surface area (Å²) >= 11 is 5.78. The van der Waals surface area contributed by atoms with Gasteiger partial charge in [-0.1, -0.05) is 11.6 Å². The Hall–Kier alpha value is -2.14. The van der Waals surface area contributed by atoms with Gasteiger partial charge in [0.2, 0.25) is 0 Å². The molecule has 0 saturated heterocycles. The number of halogens is 1. The maximum Gasteiger partial charge on any atom is 0.147 e. The zero-order chi connectivity index (χ0) is 12.3. The number of aromatic nitrogens is 2. The van der Waals surface area contributed by atoms with Gasteiger partial charge < -0.3 is 10.5 Å². The lowest BCUT2D eigenvalue weighted by atomic mass is 10.3. The second-order valence-corrected chi connectivity index (χ2v) is 3.67. The van der Waals surface area contributed by atoms with Gasteiger partial charge in [0.1, 0.15) is 23.0 Å². The van der Waals surface area contributed by atoms with E-state index in [9.17, 15) is 0 Å². The van der Waals surface area contributed by atoms with E-state index in [1.807, 2.05) is 0 Å². The van der Waals surface area contributed by atoms with Gasteiger partial charge in [-0.3, -0.25) is 15.4 Å². The Morgan fingerprint density at radius 2 is 2.12 bits per heavy atom. The molecule has 5 nitrogen and oxygen atoms in total. The van der Waals surface area contributed by atoms with E-state index < -0.39 is 0 Å². The first-order valence-corrected chi connectivity index (χ1v) is 5.12. The third-order valence-electron chi connectivity index (χ3n) is 1.92. The number of nitrogens with one attached hydrogen (secondary N) is 1. The topological polar surface area (TPSA) is 84.9 Å². The summed E-state index contributed by atoms with van der Waals surface area (Å²) in [6.45, 7) is 0. The number of nitrogen functional groups attached to an aromatic ring is 1. The number of rotatable bonds is 3. The summed E-state index contributed by atoms with van der Waals surface area (Å²) in [4.78, 5) is 7.83. The lowest BCUT2D eigenvalue weighted by Gasteiger charge is -2.06. The Morgan fingerprint density at radius 1 is 1.29 bits per heavy atom. The Morgan fingerprint density at radius 3 is 2.82 bits per heavy atom. The van der Waals surface area contributed by atoms with Gasteiger partial charge in [-0.15, -0.1) is 0 Å². The van der Waals surface area contributed by atoms with Gasteiger partial charge in [0.25, 0.3) is 0 Å². The van der Waals surface area contributed by atoms with Crippen molar-refractivity contribution in [2.24, 2.45) is 5.73 Å². The highest BCUT2D eigenvalue weighted by Crippen LogP contribution is 2.22. The van der Waals surface area contributed by atoms with Gasteiger partial charge in [0.15, 0.2) is 0 Å². The lowest BCUT2D eigenvalue weighted by molar-refractivity contribution is 0.479. The highest BCUT2D eigenvalue weighted by atomic mass is 35.5. The van der Waals surface area contributed by atoms with Crippen molar-refractivity contribution >= 4 is 17.4 Å². The molecule has 0 bridgehead atoms. The molecule has 0 atom stereocenters. The van der Waals surface area contributed by atoms with Gasteiger partial charge in [-0.05, 0) is 6.07 Å². The molecule has 0 aliphatic carbocycles. The van der Waals surface area contributed by atoms with Gasteiger partial charge in [0.05, 0.1) is 11.2 Å². The van der Waals surface area contributed by atoms with Crippen LogP contribution < -0.4 is 10.5 Å². The van der Waals surface area contributed by atoms with Crippen LogP contribution >= 0.6 is 11.6 Å². The Balaban J connectivity index is 2.24. The first-order chi connectivity index (χ1) is 8.15. The second kappa shape index (κ2) is 4.80. The molecule has 6 heteroatoms. The zero-order valence-electron chi connectivity index (χ0n) is 8.72. The summed E-state index contributed by atoms with van der Waals surface area (Å²) in [5.74, 6) is 0.923. The van der Waals surface area contributed by atoms with Crippen molar-refractivity contribution in [1.82, 2.24) is 9.97 Å². The van der Waals surface area contributed by atoms with Crippen molar-refractivity contribution in [3.63, 3.8) is 0 Å². The van der Waals surface area contributed by atoms with E-state index in [4.69, 9.17) is 27.5 Å². The number of nitrogens with two attached hydrogens (primary N) is 1. The van der Waals surface area contributed by atoms with Crippen molar-refractivity contribution in [3.8, 4) is 11.5 Å². The van der Waals surface area contributed by atoms with Crippen molar-refractivity contribution in [2.45, 2.75) is 0 Å². The summed E-state index contributed by atoms with van der Waals surface area (Å²) < 4.78 is 5.51. The molecule has 86 valence electrons. The third-order valence-corrected chi connectivity index (χ3v) is 2.13. The molecule has 2 rings (SSSR count). The predicted molar refractivity (Wildman–Crippen MR) is 64.6 cm³/mol. The minimum atomic E-state index is -0.111. The van der Waals surface area contributed by atoms with Crippen LogP contribution in [0.25, 0.3) is 0 Å². The fourth-order valence-corrected chi connectivity index (χ4v) is 1.37. The molecular formula is C11H9ClN4O. The average molecular weight is 249 g/mol. The lowest BCUT2D eigenvalue weighted by Crippen LogP contribution is -2.12. The number of nitrogens with zero attached hydrogens (tertiary/aromatic N) is 2. The maximum absolute atomic E-state index is 7.27. The van der Waals surface area contributed by atoms with Gasteiger partial charge in [0, 0.05) is 24.5 Å². The van der Waals surface area contributed by atoms with Crippen molar-refractivity contribution < 1.29 is 4.74 Å². The van der Waals surface area contributed by atoms with E-state index in [0.717, 1.165) is 0 Å². The van der Waals surface area contributed by atoms with E-state index in [-0.39, 0.29) is 5.84 Å². The third kappa shape index (κ3) is 2.92. The standard InChI is InChI=1S/C11H9ClN4O/c12-7-3-9(6-15-5-7)17-8-1-2-16-10(4-8)11(13)14/h1-6H,(H3,13,14). The van der Waals surface area contributed by atoms with Crippen LogP contribution in [0, 0.1) is 5.41 Å².